The smallest absolute Gasteiger partial charge is 0.258 e. The summed E-state index contributed by atoms with van der Waals surface area (Å²) in [7, 11) is 0. The molecule has 0 radical (unpaired) electrons. The molecule has 0 aliphatic rings. The number of hydrogen-bond acceptors (Lipinski definition) is 3. The molecule has 1 aromatic carbocycles. The van der Waals surface area contributed by atoms with Crippen molar-refractivity contribution in [2.75, 3.05) is 6.61 Å². The maximum atomic E-state index is 11.7. The number of halogens is 1. The molecule has 1 atom stereocenters. The van der Waals surface area contributed by atoms with Crippen molar-refractivity contribution in [1.82, 2.24) is 5.32 Å². The summed E-state index contributed by atoms with van der Waals surface area (Å²) in [4.78, 5) is 11.9. The fourth-order valence-corrected chi connectivity index (χ4v) is 2.10. The van der Waals surface area contributed by atoms with Gasteiger partial charge in [-0.1, -0.05) is 37.2 Å². The second-order valence-electron chi connectivity index (χ2n) is 4.56. The van der Waals surface area contributed by atoms with Crippen LogP contribution in [0.2, 0.25) is 5.02 Å². The first kappa shape index (κ1) is 16.7. The van der Waals surface area contributed by atoms with E-state index in [1.54, 1.807) is 18.2 Å². The van der Waals surface area contributed by atoms with Gasteiger partial charge in [-0.15, -0.1) is 0 Å². The summed E-state index contributed by atoms with van der Waals surface area (Å²) in [6.45, 7) is 3.97. The fraction of sp³-hybridized carbons (Fsp3) is 0.429. The lowest BCUT2D eigenvalue weighted by Gasteiger charge is -2.14. The highest BCUT2D eigenvalue weighted by atomic mass is 35.5. The lowest BCUT2D eigenvalue weighted by Crippen LogP contribution is -2.35. The van der Waals surface area contributed by atoms with Crippen molar-refractivity contribution in [3.63, 3.8) is 0 Å². The van der Waals surface area contributed by atoms with Crippen LogP contribution in [0.4, 0.5) is 0 Å². The molecule has 1 unspecified atom stereocenters. The van der Waals surface area contributed by atoms with Gasteiger partial charge in [-0.05, 0) is 31.5 Å². The molecule has 4 nitrogen and oxygen atoms in total. The normalized spacial score (nSPS) is 11.8. The van der Waals surface area contributed by atoms with Gasteiger partial charge in [-0.2, -0.15) is 0 Å². The van der Waals surface area contributed by atoms with Crippen molar-refractivity contribution in [3.05, 3.63) is 28.8 Å². The monoisotopic (exact) mass is 314 g/mol. The Morgan fingerprint density at radius 3 is 2.80 bits per heavy atom. The molecular formula is C14H19ClN2O2S. The Bertz CT molecular complexity index is 494. The van der Waals surface area contributed by atoms with E-state index in [2.05, 4.69) is 12.2 Å². The van der Waals surface area contributed by atoms with E-state index in [0.717, 1.165) is 12.8 Å². The third-order valence-electron chi connectivity index (χ3n) is 2.70. The molecule has 0 aliphatic carbocycles. The molecule has 20 heavy (non-hydrogen) atoms. The van der Waals surface area contributed by atoms with Crippen molar-refractivity contribution in [3.8, 4) is 5.75 Å². The Kier molecular flexibility index (Phi) is 6.75. The molecule has 1 amide bonds. The molecule has 0 saturated carbocycles. The third kappa shape index (κ3) is 5.35. The molecule has 1 rings (SSSR count). The van der Waals surface area contributed by atoms with Gasteiger partial charge in [0.15, 0.2) is 6.61 Å². The van der Waals surface area contributed by atoms with Gasteiger partial charge in [0.25, 0.3) is 5.91 Å². The van der Waals surface area contributed by atoms with E-state index in [9.17, 15) is 4.79 Å². The minimum absolute atomic E-state index is 0.0693. The number of thiocarbonyl (C=S) groups is 1. The summed E-state index contributed by atoms with van der Waals surface area (Å²) in [6, 6.07) is 5.13. The van der Waals surface area contributed by atoms with Crippen molar-refractivity contribution in [1.29, 1.82) is 0 Å². The largest absolute Gasteiger partial charge is 0.482 e. The highest BCUT2D eigenvalue weighted by Gasteiger charge is 2.09. The number of ether oxygens (including phenoxy) is 1. The van der Waals surface area contributed by atoms with E-state index in [-0.39, 0.29) is 23.5 Å². The first-order chi connectivity index (χ1) is 9.43. The van der Waals surface area contributed by atoms with Crippen LogP contribution in [0.15, 0.2) is 18.2 Å². The van der Waals surface area contributed by atoms with Crippen molar-refractivity contribution >= 4 is 34.7 Å². The minimum atomic E-state index is -0.166. The van der Waals surface area contributed by atoms with Gasteiger partial charge < -0.3 is 15.8 Å². The molecule has 0 fully saturated rings. The molecule has 1 aromatic rings. The predicted molar refractivity (Wildman–Crippen MR) is 85.3 cm³/mol. The van der Waals surface area contributed by atoms with Crippen LogP contribution in [0, 0.1) is 0 Å². The van der Waals surface area contributed by atoms with Gasteiger partial charge in [0.1, 0.15) is 10.7 Å². The Morgan fingerprint density at radius 2 is 2.25 bits per heavy atom. The molecule has 0 aliphatic heterocycles. The summed E-state index contributed by atoms with van der Waals surface area (Å²) in [5.41, 5.74) is 6.17. The second-order valence-corrected chi connectivity index (χ2v) is 5.40. The van der Waals surface area contributed by atoms with E-state index < -0.39 is 0 Å². The van der Waals surface area contributed by atoms with E-state index in [1.165, 1.54) is 0 Å². The number of amides is 1. The molecule has 110 valence electrons. The van der Waals surface area contributed by atoms with Crippen molar-refractivity contribution in [2.24, 2.45) is 5.73 Å². The van der Waals surface area contributed by atoms with Crippen LogP contribution in [0.1, 0.15) is 32.3 Å². The highest BCUT2D eigenvalue weighted by molar-refractivity contribution is 7.80. The lowest BCUT2D eigenvalue weighted by molar-refractivity contribution is -0.123. The number of carbonyl (C=O) groups excluding carboxylic acids is 1. The number of hydrogen-bond donors (Lipinski definition) is 2. The maximum absolute atomic E-state index is 11.7. The second kappa shape index (κ2) is 8.07. The summed E-state index contributed by atoms with van der Waals surface area (Å²) in [5.74, 6) is 0.269. The van der Waals surface area contributed by atoms with Crippen LogP contribution < -0.4 is 15.8 Å². The average molecular weight is 315 g/mol. The van der Waals surface area contributed by atoms with E-state index in [0.29, 0.717) is 16.3 Å². The zero-order valence-electron chi connectivity index (χ0n) is 11.6. The number of benzene rings is 1. The Morgan fingerprint density at radius 1 is 1.55 bits per heavy atom. The molecule has 3 N–H and O–H groups in total. The number of nitrogens with one attached hydrogen (secondary N) is 1. The van der Waals surface area contributed by atoms with Gasteiger partial charge >= 0.3 is 0 Å². The SMILES string of the molecule is CCCC(C)NC(=O)COc1ccc(C(N)=S)cc1Cl. The van der Waals surface area contributed by atoms with Crippen LogP contribution in [0.5, 0.6) is 5.75 Å². The number of rotatable bonds is 7. The number of nitrogens with two attached hydrogens (primary N) is 1. The molecule has 0 heterocycles. The van der Waals surface area contributed by atoms with Gasteiger partial charge in [0.2, 0.25) is 0 Å². The van der Waals surface area contributed by atoms with Crippen LogP contribution >= 0.6 is 23.8 Å². The van der Waals surface area contributed by atoms with Gasteiger partial charge in [0.05, 0.1) is 5.02 Å². The maximum Gasteiger partial charge on any atom is 0.258 e. The lowest BCUT2D eigenvalue weighted by atomic mass is 10.2. The van der Waals surface area contributed by atoms with Crippen LogP contribution in [-0.4, -0.2) is 23.5 Å². The van der Waals surface area contributed by atoms with Gasteiger partial charge in [-0.3, -0.25) is 4.79 Å². The van der Waals surface area contributed by atoms with Crippen molar-refractivity contribution in [2.45, 2.75) is 32.7 Å². The van der Waals surface area contributed by atoms with Crippen LogP contribution in [0.3, 0.4) is 0 Å². The van der Waals surface area contributed by atoms with Crippen molar-refractivity contribution < 1.29 is 9.53 Å². The zero-order chi connectivity index (χ0) is 15.1. The van der Waals surface area contributed by atoms with Crippen LogP contribution in [-0.2, 0) is 4.79 Å². The zero-order valence-corrected chi connectivity index (χ0v) is 13.2. The summed E-state index contributed by atoms with van der Waals surface area (Å²) >= 11 is 10.9. The number of carbonyl (C=O) groups is 1. The third-order valence-corrected chi connectivity index (χ3v) is 3.24. The van der Waals surface area contributed by atoms with Gasteiger partial charge in [-0.25, -0.2) is 0 Å². The first-order valence-corrected chi connectivity index (χ1v) is 7.24. The summed E-state index contributed by atoms with van der Waals surface area (Å²) in [6.07, 6.45) is 1.96. The summed E-state index contributed by atoms with van der Waals surface area (Å²) < 4.78 is 5.38. The van der Waals surface area contributed by atoms with E-state index in [1.807, 2.05) is 6.92 Å². The molecule has 0 bridgehead atoms. The Balaban J connectivity index is 2.53. The Labute approximate surface area is 129 Å². The molecule has 0 aromatic heterocycles. The molecular weight excluding hydrogens is 296 g/mol. The fourth-order valence-electron chi connectivity index (χ4n) is 1.74. The molecule has 6 heteroatoms. The average Bonchev–Trinajstić information content (AvgIpc) is 2.37. The minimum Gasteiger partial charge on any atom is -0.482 e. The summed E-state index contributed by atoms with van der Waals surface area (Å²) in [5, 5.41) is 3.23. The topological polar surface area (TPSA) is 64.3 Å². The molecule has 0 saturated heterocycles. The van der Waals surface area contributed by atoms with Gasteiger partial charge in [0, 0.05) is 11.6 Å². The van der Waals surface area contributed by atoms with E-state index in [4.69, 9.17) is 34.3 Å². The molecule has 0 spiro atoms. The first-order valence-electron chi connectivity index (χ1n) is 6.45. The van der Waals surface area contributed by atoms with E-state index >= 15 is 0 Å². The highest BCUT2D eigenvalue weighted by Crippen LogP contribution is 2.25. The van der Waals surface area contributed by atoms with Crippen LogP contribution in [0.25, 0.3) is 0 Å². The standard InChI is InChI=1S/C14H19ClN2O2S/c1-3-4-9(2)17-13(18)8-19-12-6-5-10(14(16)20)7-11(12)15/h5-7,9H,3-4,8H2,1-2H3,(H2,16,20)(H,17,18). The predicted octanol–water partition coefficient (Wildman–Crippen LogP) is 2.66. The Hall–Kier alpha value is -1.33. The quantitative estimate of drug-likeness (QED) is 0.759.